The van der Waals surface area contributed by atoms with E-state index in [1.807, 2.05) is 41.5 Å². The molecule has 0 unspecified atom stereocenters. The van der Waals surface area contributed by atoms with E-state index in [0.29, 0.717) is 12.4 Å². The van der Waals surface area contributed by atoms with Crippen LogP contribution < -0.4 is 10.1 Å². The number of unbranched alkanes of at least 4 members (excludes halogenated alkanes) is 1. The third kappa shape index (κ3) is 4.82. The van der Waals surface area contributed by atoms with E-state index in [1.54, 1.807) is 0 Å². The summed E-state index contributed by atoms with van der Waals surface area (Å²) < 4.78 is 5.56. The standard InChI is InChI=1S/C15H26N4O3/c1-7-8-9-22-13-11(19(20)21)12(16-10(2)3)17-14(18-13)15(4,5)6/h10H,7-9H2,1-6H3,(H,16,17,18). The normalized spacial score (nSPS) is 11.6. The summed E-state index contributed by atoms with van der Waals surface area (Å²) in [6.45, 7) is 12.1. The maximum absolute atomic E-state index is 11.4. The SMILES string of the molecule is CCCCOc1nc(C(C)(C)C)nc(NC(C)C)c1[N+](=O)[O-]. The number of rotatable bonds is 7. The highest BCUT2D eigenvalue weighted by atomic mass is 16.6. The minimum absolute atomic E-state index is 0.0184. The van der Waals surface area contributed by atoms with Gasteiger partial charge in [0.15, 0.2) is 0 Å². The van der Waals surface area contributed by atoms with Crippen LogP contribution in [0.3, 0.4) is 0 Å². The molecule has 0 aliphatic carbocycles. The number of hydrogen-bond donors (Lipinski definition) is 1. The minimum atomic E-state index is -0.488. The van der Waals surface area contributed by atoms with Crippen molar-refractivity contribution in [2.75, 3.05) is 11.9 Å². The molecule has 0 saturated heterocycles. The van der Waals surface area contributed by atoms with Gasteiger partial charge in [-0.15, -0.1) is 0 Å². The van der Waals surface area contributed by atoms with Crippen LogP contribution in [0.15, 0.2) is 0 Å². The Labute approximate surface area is 131 Å². The number of anilines is 1. The Kier molecular flexibility index (Phi) is 6.08. The minimum Gasteiger partial charge on any atom is -0.473 e. The molecule has 0 aliphatic rings. The average molecular weight is 310 g/mol. The van der Waals surface area contributed by atoms with E-state index < -0.39 is 4.92 Å². The van der Waals surface area contributed by atoms with Crippen LogP contribution in [0, 0.1) is 10.1 Å². The van der Waals surface area contributed by atoms with Gasteiger partial charge in [-0.1, -0.05) is 34.1 Å². The van der Waals surface area contributed by atoms with Crippen molar-refractivity contribution in [1.29, 1.82) is 0 Å². The molecule has 1 aromatic rings. The van der Waals surface area contributed by atoms with Crippen molar-refractivity contribution >= 4 is 11.5 Å². The van der Waals surface area contributed by atoms with Crippen LogP contribution in [0.2, 0.25) is 0 Å². The third-order valence-corrected chi connectivity index (χ3v) is 2.87. The lowest BCUT2D eigenvalue weighted by atomic mass is 9.95. The summed E-state index contributed by atoms with van der Waals surface area (Å²) in [4.78, 5) is 19.6. The van der Waals surface area contributed by atoms with Crippen molar-refractivity contribution in [2.24, 2.45) is 0 Å². The lowest BCUT2D eigenvalue weighted by molar-refractivity contribution is -0.385. The molecule has 0 fully saturated rings. The topological polar surface area (TPSA) is 90.2 Å². The number of nitrogens with one attached hydrogen (secondary N) is 1. The number of nitro groups is 1. The second-order valence-corrected chi connectivity index (χ2v) is 6.56. The van der Waals surface area contributed by atoms with Gasteiger partial charge in [0.25, 0.3) is 5.88 Å². The first kappa shape index (κ1) is 18.1. The Hall–Kier alpha value is -1.92. The van der Waals surface area contributed by atoms with Crippen molar-refractivity contribution in [3.63, 3.8) is 0 Å². The van der Waals surface area contributed by atoms with Gasteiger partial charge in [0.1, 0.15) is 5.82 Å². The first-order chi connectivity index (χ1) is 10.2. The van der Waals surface area contributed by atoms with Crippen molar-refractivity contribution in [3.05, 3.63) is 15.9 Å². The molecule has 0 atom stereocenters. The molecule has 124 valence electrons. The quantitative estimate of drug-likeness (QED) is 0.469. The van der Waals surface area contributed by atoms with E-state index in [1.165, 1.54) is 0 Å². The molecule has 0 bridgehead atoms. The van der Waals surface area contributed by atoms with E-state index in [4.69, 9.17) is 4.74 Å². The monoisotopic (exact) mass is 310 g/mol. The van der Waals surface area contributed by atoms with E-state index in [0.717, 1.165) is 12.8 Å². The Bertz CT molecular complexity index is 524. The Morgan fingerprint density at radius 3 is 2.41 bits per heavy atom. The summed E-state index contributed by atoms with van der Waals surface area (Å²) in [7, 11) is 0. The molecule has 1 heterocycles. The van der Waals surface area contributed by atoms with Gasteiger partial charge < -0.3 is 10.1 Å². The molecule has 0 radical (unpaired) electrons. The molecule has 1 N–H and O–H groups in total. The van der Waals surface area contributed by atoms with E-state index in [9.17, 15) is 10.1 Å². The summed E-state index contributed by atoms with van der Waals surface area (Å²) in [5.41, 5.74) is -0.524. The molecular formula is C15H26N4O3. The van der Waals surface area contributed by atoms with Gasteiger partial charge >= 0.3 is 5.69 Å². The molecular weight excluding hydrogens is 284 g/mol. The molecule has 0 amide bonds. The van der Waals surface area contributed by atoms with Crippen LogP contribution in [0.5, 0.6) is 5.88 Å². The van der Waals surface area contributed by atoms with E-state index >= 15 is 0 Å². The lowest BCUT2D eigenvalue weighted by Gasteiger charge is -2.20. The second kappa shape index (κ2) is 7.38. The zero-order valence-electron chi connectivity index (χ0n) is 14.3. The summed E-state index contributed by atoms with van der Waals surface area (Å²) in [6, 6.07) is 0.0184. The van der Waals surface area contributed by atoms with Gasteiger partial charge in [0.2, 0.25) is 5.82 Å². The maximum atomic E-state index is 11.4. The van der Waals surface area contributed by atoms with Crippen LogP contribution in [0.1, 0.15) is 60.2 Å². The number of ether oxygens (including phenoxy) is 1. The fourth-order valence-electron chi connectivity index (χ4n) is 1.72. The van der Waals surface area contributed by atoms with Crippen LogP contribution in [0.4, 0.5) is 11.5 Å². The molecule has 0 spiro atoms. The largest absolute Gasteiger partial charge is 0.473 e. The fraction of sp³-hybridized carbons (Fsp3) is 0.733. The predicted molar refractivity (Wildman–Crippen MR) is 86.5 cm³/mol. The molecule has 0 aromatic carbocycles. The summed E-state index contributed by atoms with van der Waals surface area (Å²) in [5.74, 6) is 0.778. The van der Waals surface area contributed by atoms with Crippen molar-refractivity contribution in [2.45, 2.75) is 65.8 Å². The van der Waals surface area contributed by atoms with Gasteiger partial charge in [-0.25, -0.2) is 4.98 Å². The Morgan fingerprint density at radius 2 is 1.95 bits per heavy atom. The van der Waals surface area contributed by atoms with Gasteiger partial charge in [-0.05, 0) is 20.3 Å². The highest BCUT2D eigenvalue weighted by molar-refractivity contribution is 5.62. The Balaban J connectivity index is 3.37. The number of nitrogens with zero attached hydrogens (tertiary/aromatic N) is 3. The van der Waals surface area contributed by atoms with E-state index in [-0.39, 0.29) is 28.8 Å². The first-order valence-electron chi connectivity index (χ1n) is 7.63. The number of aromatic nitrogens is 2. The second-order valence-electron chi connectivity index (χ2n) is 6.56. The van der Waals surface area contributed by atoms with Crippen molar-refractivity contribution in [3.8, 4) is 5.88 Å². The zero-order chi connectivity index (χ0) is 16.9. The summed E-state index contributed by atoms with van der Waals surface area (Å²) >= 11 is 0. The highest BCUT2D eigenvalue weighted by Crippen LogP contribution is 2.35. The molecule has 1 aromatic heterocycles. The van der Waals surface area contributed by atoms with Crippen molar-refractivity contribution in [1.82, 2.24) is 9.97 Å². The molecule has 0 saturated carbocycles. The average Bonchev–Trinajstić information content (AvgIpc) is 2.36. The van der Waals surface area contributed by atoms with Crippen LogP contribution in [-0.2, 0) is 5.41 Å². The predicted octanol–water partition coefficient (Wildman–Crippen LogP) is 3.68. The van der Waals surface area contributed by atoms with Gasteiger partial charge in [-0.2, -0.15) is 4.98 Å². The Morgan fingerprint density at radius 1 is 1.32 bits per heavy atom. The zero-order valence-corrected chi connectivity index (χ0v) is 14.3. The third-order valence-electron chi connectivity index (χ3n) is 2.87. The maximum Gasteiger partial charge on any atom is 0.372 e. The smallest absolute Gasteiger partial charge is 0.372 e. The highest BCUT2D eigenvalue weighted by Gasteiger charge is 2.30. The van der Waals surface area contributed by atoms with E-state index in [2.05, 4.69) is 15.3 Å². The first-order valence-corrected chi connectivity index (χ1v) is 7.63. The lowest BCUT2D eigenvalue weighted by Crippen LogP contribution is -2.21. The van der Waals surface area contributed by atoms with Gasteiger partial charge in [-0.3, -0.25) is 10.1 Å². The fourth-order valence-corrected chi connectivity index (χ4v) is 1.72. The van der Waals surface area contributed by atoms with Crippen LogP contribution in [0.25, 0.3) is 0 Å². The molecule has 7 heteroatoms. The van der Waals surface area contributed by atoms with Crippen LogP contribution >= 0.6 is 0 Å². The van der Waals surface area contributed by atoms with Gasteiger partial charge in [0.05, 0.1) is 11.5 Å². The summed E-state index contributed by atoms with van der Waals surface area (Å²) in [5, 5.41) is 14.4. The van der Waals surface area contributed by atoms with Crippen LogP contribution in [-0.4, -0.2) is 27.5 Å². The molecule has 22 heavy (non-hydrogen) atoms. The molecule has 0 aliphatic heterocycles. The summed E-state index contributed by atoms with van der Waals surface area (Å²) in [6.07, 6.45) is 1.76. The van der Waals surface area contributed by atoms with Gasteiger partial charge in [0, 0.05) is 11.5 Å². The van der Waals surface area contributed by atoms with Crippen molar-refractivity contribution < 1.29 is 9.66 Å². The molecule has 7 nitrogen and oxygen atoms in total. The molecule has 1 rings (SSSR count). The number of hydrogen-bond acceptors (Lipinski definition) is 6.